The molecule has 136 valence electrons. The fraction of sp³-hybridized carbons (Fsp3) is 0.588. The van der Waals surface area contributed by atoms with Crippen molar-refractivity contribution in [3.8, 4) is 11.6 Å². The van der Waals surface area contributed by atoms with Crippen LogP contribution in [-0.2, 0) is 11.2 Å². The second-order valence-corrected chi connectivity index (χ2v) is 6.23. The Labute approximate surface area is 146 Å². The van der Waals surface area contributed by atoms with E-state index in [1.165, 1.54) is 0 Å². The molecule has 2 aromatic heterocycles. The van der Waals surface area contributed by atoms with Crippen LogP contribution in [0.2, 0.25) is 0 Å². The number of carbonyl (C=O) groups excluding carboxylic acids is 1. The Morgan fingerprint density at radius 2 is 2.16 bits per heavy atom. The summed E-state index contributed by atoms with van der Waals surface area (Å²) in [7, 11) is 0. The summed E-state index contributed by atoms with van der Waals surface area (Å²) in [6, 6.07) is 3.52. The highest BCUT2D eigenvalue weighted by molar-refractivity contribution is 5.76. The molecule has 0 spiro atoms. The third-order valence-corrected chi connectivity index (χ3v) is 4.43. The summed E-state index contributed by atoms with van der Waals surface area (Å²) in [6.45, 7) is 5.63. The molecule has 1 aliphatic heterocycles. The van der Waals surface area contributed by atoms with Crippen molar-refractivity contribution in [3.63, 3.8) is 0 Å². The molecule has 2 aromatic rings. The van der Waals surface area contributed by atoms with Crippen molar-refractivity contribution in [3.05, 3.63) is 24.3 Å². The van der Waals surface area contributed by atoms with Gasteiger partial charge in [0.15, 0.2) is 5.76 Å². The highest BCUT2D eigenvalue weighted by Gasteiger charge is 2.22. The summed E-state index contributed by atoms with van der Waals surface area (Å²) in [5.74, 6) is 1.47. The van der Waals surface area contributed by atoms with Crippen LogP contribution in [0, 0.1) is 0 Å². The summed E-state index contributed by atoms with van der Waals surface area (Å²) in [4.78, 5) is 20.6. The summed E-state index contributed by atoms with van der Waals surface area (Å²) in [5.41, 5.74) is 0. The van der Waals surface area contributed by atoms with Gasteiger partial charge in [-0.15, -0.1) is 0 Å². The molecule has 25 heavy (non-hydrogen) atoms. The maximum absolute atomic E-state index is 12.3. The minimum Gasteiger partial charge on any atom is -0.461 e. The number of aromatic nitrogens is 2. The van der Waals surface area contributed by atoms with Crippen LogP contribution in [0.4, 0.5) is 0 Å². The number of aryl methyl sites for hydroxylation is 1. The highest BCUT2D eigenvalue weighted by Crippen LogP contribution is 2.16. The number of β-amino-alcohol motifs (C(OH)–C–C–N with tert-alkyl or cyclic N) is 1. The molecule has 1 atom stereocenters. The van der Waals surface area contributed by atoms with Crippen molar-refractivity contribution in [2.75, 3.05) is 32.7 Å². The molecule has 8 nitrogen and oxygen atoms in total. The normalized spacial score (nSPS) is 17.0. The topological polar surface area (TPSA) is 95.8 Å². The molecule has 0 aromatic carbocycles. The maximum atomic E-state index is 12.3. The van der Waals surface area contributed by atoms with E-state index in [-0.39, 0.29) is 12.0 Å². The zero-order valence-electron chi connectivity index (χ0n) is 14.4. The first-order valence-corrected chi connectivity index (χ1v) is 8.70. The molecule has 0 radical (unpaired) electrons. The minimum atomic E-state index is -0.289. The van der Waals surface area contributed by atoms with Crippen molar-refractivity contribution < 1.29 is 18.8 Å². The zero-order valence-corrected chi connectivity index (χ0v) is 14.4. The molecule has 0 aliphatic carbocycles. The number of nitrogens with zero attached hydrogens (tertiary/aromatic N) is 4. The maximum Gasteiger partial charge on any atom is 0.238 e. The lowest BCUT2D eigenvalue weighted by molar-refractivity contribution is -0.133. The van der Waals surface area contributed by atoms with Gasteiger partial charge in [0.25, 0.3) is 0 Å². The summed E-state index contributed by atoms with van der Waals surface area (Å²) in [5, 5.41) is 13.6. The van der Waals surface area contributed by atoms with Crippen LogP contribution in [0.25, 0.3) is 11.6 Å². The number of aliphatic hydroxyl groups is 1. The first kappa shape index (κ1) is 17.6. The first-order chi connectivity index (χ1) is 12.2. The number of furan rings is 1. The van der Waals surface area contributed by atoms with Gasteiger partial charge < -0.3 is 18.9 Å². The average molecular weight is 348 g/mol. The van der Waals surface area contributed by atoms with Crippen LogP contribution >= 0.6 is 0 Å². The predicted molar refractivity (Wildman–Crippen MR) is 89.6 cm³/mol. The number of aliphatic hydroxyl groups excluding tert-OH is 1. The third-order valence-electron chi connectivity index (χ3n) is 4.43. The van der Waals surface area contributed by atoms with Gasteiger partial charge in [-0.25, -0.2) is 0 Å². The van der Waals surface area contributed by atoms with Crippen molar-refractivity contribution in [2.45, 2.75) is 32.3 Å². The lowest BCUT2D eigenvalue weighted by atomic mass is 10.2. The molecule has 1 aliphatic rings. The van der Waals surface area contributed by atoms with Gasteiger partial charge in [-0.2, -0.15) is 4.98 Å². The largest absolute Gasteiger partial charge is 0.461 e. The van der Waals surface area contributed by atoms with Gasteiger partial charge in [-0.1, -0.05) is 12.1 Å². The van der Waals surface area contributed by atoms with Gasteiger partial charge in [0.1, 0.15) is 0 Å². The quantitative estimate of drug-likeness (QED) is 0.802. The van der Waals surface area contributed by atoms with Crippen LogP contribution in [-0.4, -0.2) is 69.8 Å². The standard InChI is InChI=1S/C17H24N4O4/c1-2-13(22)12-20-7-9-21(10-8-20)16(23)6-5-15-18-17(19-25-15)14-4-3-11-24-14/h3-4,11,13,22H,2,5-10,12H2,1H3/t13-/m0/s1. The fourth-order valence-electron chi connectivity index (χ4n) is 2.84. The predicted octanol–water partition coefficient (Wildman–Crippen LogP) is 1.18. The van der Waals surface area contributed by atoms with Crippen molar-refractivity contribution in [1.82, 2.24) is 19.9 Å². The van der Waals surface area contributed by atoms with Crippen LogP contribution in [0.3, 0.4) is 0 Å². The lowest BCUT2D eigenvalue weighted by Crippen LogP contribution is -2.50. The monoisotopic (exact) mass is 348 g/mol. The van der Waals surface area contributed by atoms with Gasteiger partial charge in [-0.3, -0.25) is 9.69 Å². The van der Waals surface area contributed by atoms with E-state index in [9.17, 15) is 9.90 Å². The molecule has 3 rings (SSSR count). The Kier molecular flexibility index (Phi) is 5.83. The van der Waals surface area contributed by atoms with Crippen LogP contribution in [0.5, 0.6) is 0 Å². The van der Waals surface area contributed by atoms with Gasteiger partial charge in [0.2, 0.25) is 17.6 Å². The second kappa shape index (κ2) is 8.26. The number of rotatable bonds is 7. The molecule has 0 unspecified atom stereocenters. The number of piperazine rings is 1. The minimum absolute atomic E-state index is 0.0911. The van der Waals surface area contributed by atoms with E-state index in [0.717, 1.165) is 19.5 Å². The lowest BCUT2D eigenvalue weighted by Gasteiger charge is -2.35. The number of carbonyl (C=O) groups is 1. The molecule has 8 heteroatoms. The second-order valence-electron chi connectivity index (χ2n) is 6.23. The SMILES string of the molecule is CC[C@H](O)CN1CCN(C(=O)CCc2nc(-c3ccco3)no2)CC1. The molecule has 0 bridgehead atoms. The van der Waals surface area contributed by atoms with Crippen LogP contribution < -0.4 is 0 Å². The van der Waals surface area contributed by atoms with Gasteiger partial charge in [0, 0.05) is 45.6 Å². The molecule has 3 heterocycles. The van der Waals surface area contributed by atoms with E-state index in [1.54, 1.807) is 18.4 Å². The summed E-state index contributed by atoms with van der Waals surface area (Å²) < 4.78 is 10.4. The van der Waals surface area contributed by atoms with Gasteiger partial charge in [0.05, 0.1) is 12.4 Å². The number of amides is 1. The highest BCUT2D eigenvalue weighted by atomic mass is 16.5. The summed E-state index contributed by atoms with van der Waals surface area (Å²) >= 11 is 0. The van der Waals surface area contributed by atoms with E-state index in [4.69, 9.17) is 8.94 Å². The molecular weight excluding hydrogens is 324 g/mol. The average Bonchev–Trinajstić information content (AvgIpc) is 3.31. The molecule has 1 N–H and O–H groups in total. The molecule has 1 fully saturated rings. The van der Waals surface area contributed by atoms with E-state index in [0.29, 0.717) is 50.0 Å². The Morgan fingerprint density at radius 1 is 1.36 bits per heavy atom. The molecule has 1 saturated heterocycles. The summed E-state index contributed by atoms with van der Waals surface area (Å²) in [6.07, 6.45) is 2.78. The Hall–Kier alpha value is -2.19. The van der Waals surface area contributed by atoms with Crippen LogP contribution in [0.15, 0.2) is 27.3 Å². The van der Waals surface area contributed by atoms with E-state index >= 15 is 0 Å². The van der Waals surface area contributed by atoms with E-state index in [1.807, 2.05) is 11.8 Å². The number of hydrogen-bond acceptors (Lipinski definition) is 7. The van der Waals surface area contributed by atoms with Crippen molar-refractivity contribution in [2.24, 2.45) is 0 Å². The molecule has 0 saturated carbocycles. The van der Waals surface area contributed by atoms with Gasteiger partial charge in [-0.05, 0) is 18.6 Å². The Bertz CT molecular complexity index is 662. The van der Waals surface area contributed by atoms with Crippen molar-refractivity contribution in [1.29, 1.82) is 0 Å². The fourth-order valence-corrected chi connectivity index (χ4v) is 2.84. The van der Waals surface area contributed by atoms with E-state index in [2.05, 4.69) is 15.0 Å². The zero-order chi connectivity index (χ0) is 17.6. The Morgan fingerprint density at radius 3 is 2.84 bits per heavy atom. The van der Waals surface area contributed by atoms with Crippen LogP contribution in [0.1, 0.15) is 25.7 Å². The molecule has 1 amide bonds. The first-order valence-electron chi connectivity index (χ1n) is 8.70. The van der Waals surface area contributed by atoms with Gasteiger partial charge >= 0.3 is 0 Å². The van der Waals surface area contributed by atoms with Crippen molar-refractivity contribution >= 4 is 5.91 Å². The van der Waals surface area contributed by atoms with E-state index < -0.39 is 0 Å². The third kappa shape index (κ3) is 4.67. The molecular formula is C17H24N4O4. The number of hydrogen-bond donors (Lipinski definition) is 1. The smallest absolute Gasteiger partial charge is 0.238 e. The Balaban J connectivity index is 1.43.